The van der Waals surface area contributed by atoms with Crippen molar-refractivity contribution in [3.8, 4) is 0 Å². The number of hydrazone groups is 1. The minimum absolute atomic E-state index is 0.264. The Hall–Kier alpha value is -0.940. The van der Waals surface area contributed by atoms with Gasteiger partial charge >= 0.3 is 0 Å². The van der Waals surface area contributed by atoms with Gasteiger partial charge in [0.2, 0.25) is 0 Å². The topological polar surface area (TPSA) is 97.0 Å². The van der Waals surface area contributed by atoms with Crippen LogP contribution in [0.2, 0.25) is 0 Å². The maximum Gasteiger partial charge on any atom is 0.0913 e. The maximum absolute atomic E-state index is 8.79. The summed E-state index contributed by atoms with van der Waals surface area (Å²) in [6, 6.07) is 0. The zero-order valence-electron chi connectivity index (χ0n) is 6.57. The average molecular weight is 158 g/mol. The van der Waals surface area contributed by atoms with Crippen molar-refractivity contribution in [2.24, 2.45) is 21.7 Å². The second kappa shape index (κ2) is 5.82. The first-order valence-corrected chi connectivity index (χ1v) is 3.35. The largest absolute Gasteiger partial charge is 0.391 e. The molecule has 0 fully saturated rings. The first kappa shape index (κ1) is 10.1. The number of nitrogens with zero attached hydrogens (tertiary/aromatic N) is 2. The minimum atomic E-state index is -0.442. The van der Waals surface area contributed by atoms with Crippen molar-refractivity contribution in [2.45, 2.75) is 13.0 Å². The fourth-order valence-corrected chi connectivity index (χ4v) is 0.449. The molecule has 0 saturated carbocycles. The standard InChI is InChI=1S/C6H14N4O/c1-5(11)3-9-4-6(2-7)10-8/h4-5,11H,2-3,7-8H2,1H3/b9-4?,10-6-. The van der Waals surface area contributed by atoms with Crippen LogP contribution in [0.4, 0.5) is 0 Å². The molecule has 5 N–H and O–H groups in total. The summed E-state index contributed by atoms with van der Waals surface area (Å²) in [7, 11) is 0. The molecule has 0 radical (unpaired) electrons. The molecule has 0 aromatic heterocycles. The molecule has 0 aliphatic rings. The third kappa shape index (κ3) is 5.50. The molecule has 64 valence electrons. The van der Waals surface area contributed by atoms with E-state index >= 15 is 0 Å². The number of nitrogens with two attached hydrogens (primary N) is 2. The van der Waals surface area contributed by atoms with Gasteiger partial charge in [-0.05, 0) is 6.92 Å². The van der Waals surface area contributed by atoms with Gasteiger partial charge in [-0.25, -0.2) is 0 Å². The third-order valence-corrected chi connectivity index (χ3v) is 0.985. The monoisotopic (exact) mass is 158 g/mol. The van der Waals surface area contributed by atoms with E-state index in [0.29, 0.717) is 12.3 Å². The summed E-state index contributed by atoms with van der Waals surface area (Å²) < 4.78 is 0. The number of hydrogen-bond acceptors (Lipinski definition) is 5. The van der Waals surface area contributed by atoms with Crippen molar-refractivity contribution < 1.29 is 5.11 Å². The summed E-state index contributed by atoms with van der Waals surface area (Å²) in [4.78, 5) is 3.85. The molecule has 0 heterocycles. The van der Waals surface area contributed by atoms with E-state index in [0.717, 1.165) is 0 Å². The Morgan fingerprint density at radius 2 is 2.36 bits per heavy atom. The Kier molecular flexibility index (Phi) is 5.32. The van der Waals surface area contributed by atoms with Crippen LogP contribution in [0.25, 0.3) is 0 Å². The average Bonchev–Trinajstić information content (AvgIpc) is 1.98. The lowest BCUT2D eigenvalue weighted by Gasteiger charge is -1.96. The van der Waals surface area contributed by atoms with Gasteiger partial charge in [0, 0.05) is 12.8 Å². The van der Waals surface area contributed by atoms with Crippen molar-refractivity contribution in [3.63, 3.8) is 0 Å². The second-order valence-electron chi connectivity index (χ2n) is 2.17. The fourth-order valence-electron chi connectivity index (χ4n) is 0.449. The molecule has 1 atom stereocenters. The van der Waals surface area contributed by atoms with Gasteiger partial charge in [0.05, 0.1) is 18.4 Å². The lowest BCUT2D eigenvalue weighted by Crippen LogP contribution is -2.17. The van der Waals surface area contributed by atoms with Gasteiger partial charge in [0.15, 0.2) is 0 Å². The number of aliphatic hydroxyl groups excluding tert-OH is 1. The molecule has 0 saturated heterocycles. The lowest BCUT2D eigenvalue weighted by molar-refractivity contribution is 0.204. The first-order chi connectivity index (χ1) is 5.20. The highest BCUT2D eigenvalue weighted by Crippen LogP contribution is 1.79. The smallest absolute Gasteiger partial charge is 0.0913 e. The Bertz CT molecular complexity index is 153. The van der Waals surface area contributed by atoms with Crippen molar-refractivity contribution in [3.05, 3.63) is 0 Å². The predicted octanol–water partition coefficient (Wildman–Crippen LogP) is -1.29. The molecule has 0 rings (SSSR count). The molecule has 5 heteroatoms. The van der Waals surface area contributed by atoms with Gasteiger partial charge in [-0.2, -0.15) is 5.10 Å². The normalized spacial score (nSPS) is 15.7. The lowest BCUT2D eigenvalue weighted by atomic mass is 10.4. The highest BCUT2D eigenvalue weighted by atomic mass is 16.3. The molecule has 1 unspecified atom stereocenters. The number of rotatable bonds is 4. The highest BCUT2D eigenvalue weighted by molar-refractivity contribution is 6.31. The maximum atomic E-state index is 8.79. The Morgan fingerprint density at radius 1 is 1.73 bits per heavy atom. The van der Waals surface area contributed by atoms with E-state index in [2.05, 4.69) is 10.1 Å². The van der Waals surface area contributed by atoms with Gasteiger partial charge in [-0.3, -0.25) is 4.99 Å². The summed E-state index contributed by atoms with van der Waals surface area (Å²) in [6.07, 6.45) is 1.02. The number of hydrogen-bond donors (Lipinski definition) is 3. The van der Waals surface area contributed by atoms with Gasteiger partial charge in [0.25, 0.3) is 0 Å². The fraction of sp³-hybridized carbons (Fsp3) is 0.667. The molecule has 11 heavy (non-hydrogen) atoms. The molecule has 5 nitrogen and oxygen atoms in total. The van der Waals surface area contributed by atoms with E-state index in [1.165, 1.54) is 6.21 Å². The van der Waals surface area contributed by atoms with Crippen molar-refractivity contribution in [2.75, 3.05) is 13.1 Å². The Labute approximate surface area is 65.8 Å². The number of aliphatic imine (C=N–C) groups is 1. The molecule has 0 aliphatic heterocycles. The van der Waals surface area contributed by atoms with Crippen LogP contribution in [0.5, 0.6) is 0 Å². The highest BCUT2D eigenvalue weighted by Gasteiger charge is 1.91. The Balaban J connectivity index is 3.72. The van der Waals surface area contributed by atoms with Gasteiger partial charge < -0.3 is 16.7 Å². The van der Waals surface area contributed by atoms with Crippen LogP contribution < -0.4 is 11.6 Å². The molecule has 0 aliphatic carbocycles. The molecule has 0 bridgehead atoms. The molecule has 0 amide bonds. The van der Waals surface area contributed by atoms with Crippen LogP contribution >= 0.6 is 0 Å². The third-order valence-electron chi connectivity index (χ3n) is 0.985. The first-order valence-electron chi connectivity index (χ1n) is 3.35. The van der Waals surface area contributed by atoms with Crippen LogP contribution in [-0.4, -0.2) is 36.2 Å². The molecular weight excluding hydrogens is 144 g/mol. The van der Waals surface area contributed by atoms with Crippen molar-refractivity contribution >= 4 is 11.9 Å². The summed E-state index contributed by atoms with van der Waals surface area (Å²) in [5.74, 6) is 4.95. The van der Waals surface area contributed by atoms with E-state index in [1.54, 1.807) is 6.92 Å². The van der Waals surface area contributed by atoms with Gasteiger partial charge in [0.1, 0.15) is 0 Å². The summed E-state index contributed by atoms with van der Waals surface area (Å²) in [5, 5.41) is 12.2. The molecule has 0 aromatic carbocycles. The Morgan fingerprint density at radius 3 is 2.73 bits per heavy atom. The molecular formula is C6H14N4O. The van der Waals surface area contributed by atoms with E-state index in [4.69, 9.17) is 16.7 Å². The molecule has 0 aromatic rings. The summed E-state index contributed by atoms with van der Waals surface area (Å²) in [5.41, 5.74) is 5.75. The SMILES string of the molecule is CC(O)CN=C/C(CN)=N\N. The van der Waals surface area contributed by atoms with Crippen molar-refractivity contribution in [1.29, 1.82) is 0 Å². The van der Waals surface area contributed by atoms with Crippen molar-refractivity contribution in [1.82, 2.24) is 0 Å². The zero-order chi connectivity index (χ0) is 8.69. The van der Waals surface area contributed by atoms with E-state index < -0.39 is 6.10 Å². The minimum Gasteiger partial charge on any atom is -0.391 e. The summed E-state index contributed by atoms with van der Waals surface area (Å²) >= 11 is 0. The van der Waals surface area contributed by atoms with Gasteiger partial charge in [-0.1, -0.05) is 0 Å². The predicted molar refractivity (Wildman–Crippen MR) is 45.7 cm³/mol. The zero-order valence-corrected chi connectivity index (χ0v) is 6.57. The molecule has 0 spiro atoms. The quantitative estimate of drug-likeness (QED) is 0.270. The second-order valence-corrected chi connectivity index (χ2v) is 2.17. The van der Waals surface area contributed by atoms with Crippen LogP contribution in [0.1, 0.15) is 6.92 Å². The van der Waals surface area contributed by atoms with E-state index in [-0.39, 0.29) is 6.54 Å². The summed E-state index contributed by atoms with van der Waals surface area (Å²) in [6.45, 7) is 2.26. The van der Waals surface area contributed by atoms with Crippen LogP contribution in [0.3, 0.4) is 0 Å². The number of aliphatic hydroxyl groups is 1. The van der Waals surface area contributed by atoms with Gasteiger partial charge in [-0.15, -0.1) is 0 Å². The van der Waals surface area contributed by atoms with Crippen LogP contribution in [-0.2, 0) is 0 Å². The van der Waals surface area contributed by atoms with E-state index in [1.807, 2.05) is 0 Å². The van der Waals surface area contributed by atoms with Crippen LogP contribution in [0.15, 0.2) is 10.1 Å². The van der Waals surface area contributed by atoms with E-state index in [9.17, 15) is 0 Å². The van der Waals surface area contributed by atoms with Crippen LogP contribution in [0, 0.1) is 0 Å².